The van der Waals surface area contributed by atoms with Gasteiger partial charge in [0.2, 0.25) is 0 Å². The second kappa shape index (κ2) is 8.14. The first kappa shape index (κ1) is 20.1. The third kappa shape index (κ3) is 4.25. The number of aromatic amines is 1. The van der Waals surface area contributed by atoms with Crippen molar-refractivity contribution < 1.29 is 14.3 Å². The average molecular weight is 401 g/mol. The molecule has 0 saturated carbocycles. The minimum atomic E-state index is -0.645. The Morgan fingerprint density at radius 1 is 1.25 bits per heavy atom. The third-order valence-electron chi connectivity index (χ3n) is 4.66. The van der Waals surface area contributed by atoms with Crippen LogP contribution in [0, 0.1) is 27.7 Å². The minimum absolute atomic E-state index is 0.113. The standard InChI is InChI=1S/C21H24N2O4S/c1-11-6-7-12(2)16(10-11)26-9-8-17(24)27-14(4)19-22-20(25)18-13(3)15(5)28-21(18)23-19/h6-7,10,14H,8-9H2,1-5H3,(H,22,23,25)/t14-/m1/s1. The number of aryl methyl sites for hydroxylation is 4. The van der Waals surface area contributed by atoms with Gasteiger partial charge in [-0.3, -0.25) is 9.59 Å². The van der Waals surface area contributed by atoms with Gasteiger partial charge in [0.05, 0.1) is 18.4 Å². The SMILES string of the molecule is Cc1ccc(C)c(OCCC(=O)O[C@H](C)c2nc3sc(C)c(C)c3c(=O)[nH]2)c1. The van der Waals surface area contributed by atoms with Gasteiger partial charge in [0.1, 0.15) is 10.6 Å². The Balaban J connectivity index is 1.62. The van der Waals surface area contributed by atoms with E-state index in [2.05, 4.69) is 9.97 Å². The normalized spacial score (nSPS) is 12.2. The van der Waals surface area contributed by atoms with Crippen molar-refractivity contribution >= 4 is 27.5 Å². The van der Waals surface area contributed by atoms with E-state index in [0.717, 1.165) is 27.3 Å². The number of H-pyrrole nitrogens is 1. The van der Waals surface area contributed by atoms with Crippen molar-refractivity contribution in [1.82, 2.24) is 9.97 Å². The maximum Gasteiger partial charge on any atom is 0.309 e. The summed E-state index contributed by atoms with van der Waals surface area (Å²) in [6, 6.07) is 5.94. The molecule has 0 aliphatic rings. The highest BCUT2D eigenvalue weighted by molar-refractivity contribution is 7.18. The Kier molecular flexibility index (Phi) is 5.84. The number of esters is 1. The highest BCUT2D eigenvalue weighted by Crippen LogP contribution is 2.27. The summed E-state index contributed by atoms with van der Waals surface area (Å²) < 4.78 is 11.1. The van der Waals surface area contributed by atoms with E-state index in [4.69, 9.17) is 9.47 Å². The lowest BCUT2D eigenvalue weighted by Crippen LogP contribution is -2.18. The molecule has 1 atom stereocenters. The molecule has 0 unspecified atom stereocenters. The molecule has 3 aromatic rings. The van der Waals surface area contributed by atoms with Crippen molar-refractivity contribution in [2.45, 2.75) is 47.1 Å². The Bertz CT molecular complexity index is 1080. The summed E-state index contributed by atoms with van der Waals surface area (Å²) in [6.45, 7) is 9.73. The highest BCUT2D eigenvalue weighted by atomic mass is 32.1. The van der Waals surface area contributed by atoms with Crippen LogP contribution < -0.4 is 10.3 Å². The van der Waals surface area contributed by atoms with E-state index in [1.807, 2.05) is 45.9 Å². The minimum Gasteiger partial charge on any atom is -0.493 e. The second-order valence-electron chi connectivity index (χ2n) is 6.91. The monoisotopic (exact) mass is 400 g/mol. The van der Waals surface area contributed by atoms with Crippen LogP contribution in [0.2, 0.25) is 0 Å². The molecule has 0 bridgehead atoms. The molecular weight excluding hydrogens is 376 g/mol. The molecule has 0 radical (unpaired) electrons. The van der Waals surface area contributed by atoms with Gasteiger partial charge in [-0.15, -0.1) is 11.3 Å². The predicted molar refractivity (Wildman–Crippen MR) is 110 cm³/mol. The van der Waals surface area contributed by atoms with Gasteiger partial charge in [0.15, 0.2) is 11.9 Å². The fraction of sp³-hybridized carbons (Fsp3) is 0.381. The highest BCUT2D eigenvalue weighted by Gasteiger charge is 2.18. The predicted octanol–water partition coefficient (Wildman–Crippen LogP) is 4.29. The molecule has 2 aromatic heterocycles. The summed E-state index contributed by atoms with van der Waals surface area (Å²) in [5.41, 5.74) is 2.85. The molecule has 1 N–H and O–H groups in total. The van der Waals surface area contributed by atoms with Crippen LogP contribution in [0.3, 0.4) is 0 Å². The summed E-state index contributed by atoms with van der Waals surface area (Å²) in [5.74, 6) is 0.711. The summed E-state index contributed by atoms with van der Waals surface area (Å²) in [5, 5.41) is 0.603. The molecule has 2 heterocycles. The zero-order valence-electron chi connectivity index (χ0n) is 16.7. The van der Waals surface area contributed by atoms with E-state index in [9.17, 15) is 9.59 Å². The van der Waals surface area contributed by atoms with Crippen molar-refractivity contribution in [2.75, 3.05) is 6.61 Å². The molecule has 6 nitrogen and oxygen atoms in total. The molecule has 0 saturated heterocycles. The summed E-state index contributed by atoms with van der Waals surface area (Å²) in [6.07, 6.45) is -0.533. The molecule has 0 aliphatic carbocycles. The van der Waals surface area contributed by atoms with Gasteiger partial charge in [0, 0.05) is 4.88 Å². The maximum atomic E-state index is 12.4. The van der Waals surface area contributed by atoms with Crippen molar-refractivity contribution in [3.63, 3.8) is 0 Å². The number of hydrogen-bond donors (Lipinski definition) is 1. The van der Waals surface area contributed by atoms with Gasteiger partial charge in [-0.25, -0.2) is 4.98 Å². The number of aromatic nitrogens is 2. The van der Waals surface area contributed by atoms with Gasteiger partial charge in [-0.1, -0.05) is 12.1 Å². The molecule has 0 spiro atoms. The number of fused-ring (bicyclic) bond motifs is 1. The topological polar surface area (TPSA) is 81.3 Å². The fourth-order valence-electron chi connectivity index (χ4n) is 2.88. The Labute approximate surface area is 167 Å². The number of hydrogen-bond acceptors (Lipinski definition) is 6. The van der Waals surface area contributed by atoms with Gasteiger partial charge in [0.25, 0.3) is 5.56 Å². The average Bonchev–Trinajstić information content (AvgIpc) is 2.92. The third-order valence-corrected chi connectivity index (χ3v) is 5.76. The van der Waals surface area contributed by atoms with Gasteiger partial charge in [-0.05, 0) is 57.4 Å². The van der Waals surface area contributed by atoms with Crippen molar-refractivity contribution in [2.24, 2.45) is 0 Å². The number of thiophene rings is 1. The number of carbonyl (C=O) groups is 1. The molecule has 0 fully saturated rings. The Hall–Kier alpha value is -2.67. The van der Waals surface area contributed by atoms with Crippen molar-refractivity contribution in [1.29, 1.82) is 0 Å². The van der Waals surface area contributed by atoms with E-state index in [1.165, 1.54) is 11.3 Å². The quantitative estimate of drug-likeness (QED) is 0.624. The van der Waals surface area contributed by atoms with Crippen LogP contribution in [-0.2, 0) is 9.53 Å². The van der Waals surface area contributed by atoms with E-state index in [-0.39, 0.29) is 18.6 Å². The summed E-state index contributed by atoms with van der Waals surface area (Å²) in [7, 11) is 0. The number of benzene rings is 1. The number of rotatable bonds is 6. The van der Waals surface area contributed by atoms with Crippen molar-refractivity contribution in [3.05, 3.63) is 55.9 Å². The lowest BCUT2D eigenvalue weighted by atomic mass is 10.1. The van der Waals surface area contributed by atoms with Gasteiger partial charge < -0.3 is 14.5 Å². The number of nitrogens with zero attached hydrogens (tertiary/aromatic N) is 1. The van der Waals surface area contributed by atoms with Gasteiger partial charge in [-0.2, -0.15) is 0 Å². The van der Waals surface area contributed by atoms with E-state index in [1.54, 1.807) is 6.92 Å². The molecule has 148 valence electrons. The smallest absolute Gasteiger partial charge is 0.309 e. The largest absolute Gasteiger partial charge is 0.493 e. The molecule has 28 heavy (non-hydrogen) atoms. The first-order valence-corrected chi connectivity index (χ1v) is 9.97. The number of nitrogens with one attached hydrogen (secondary N) is 1. The molecular formula is C21H24N2O4S. The summed E-state index contributed by atoms with van der Waals surface area (Å²) >= 11 is 1.47. The van der Waals surface area contributed by atoms with Crippen LogP contribution in [0.1, 0.15) is 46.8 Å². The molecule has 0 aliphatic heterocycles. The van der Waals surface area contributed by atoms with Crippen LogP contribution in [0.15, 0.2) is 23.0 Å². The first-order valence-electron chi connectivity index (χ1n) is 9.15. The van der Waals surface area contributed by atoms with Crippen molar-refractivity contribution in [3.8, 4) is 5.75 Å². The zero-order valence-corrected chi connectivity index (χ0v) is 17.5. The zero-order chi connectivity index (χ0) is 20.4. The lowest BCUT2D eigenvalue weighted by Gasteiger charge is -2.13. The lowest BCUT2D eigenvalue weighted by molar-refractivity contribution is -0.149. The summed E-state index contributed by atoms with van der Waals surface area (Å²) in [4.78, 5) is 33.4. The van der Waals surface area contributed by atoms with Crippen LogP contribution in [-0.4, -0.2) is 22.5 Å². The molecule has 7 heteroatoms. The molecule has 3 rings (SSSR count). The number of carbonyl (C=O) groups excluding carboxylic acids is 1. The van der Waals surface area contributed by atoms with Crippen LogP contribution in [0.5, 0.6) is 5.75 Å². The molecule has 1 aromatic carbocycles. The fourth-order valence-corrected chi connectivity index (χ4v) is 3.92. The Morgan fingerprint density at radius 2 is 2.00 bits per heavy atom. The van der Waals surface area contributed by atoms with E-state index >= 15 is 0 Å². The van der Waals surface area contributed by atoms with Gasteiger partial charge >= 0.3 is 5.97 Å². The Morgan fingerprint density at radius 3 is 2.75 bits per heavy atom. The van der Waals surface area contributed by atoms with E-state index < -0.39 is 12.1 Å². The second-order valence-corrected chi connectivity index (χ2v) is 8.12. The van der Waals surface area contributed by atoms with Crippen LogP contribution in [0.25, 0.3) is 10.2 Å². The molecule has 0 amide bonds. The number of ether oxygens (including phenoxy) is 2. The van der Waals surface area contributed by atoms with E-state index in [0.29, 0.717) is 16.0 Å². The maximum absolute atomic E-state index is 12.4. The van der Waals surface area contributed by atoms with Crippen LogP contribution >= 0.6 is 11.3 Å². The first-order chi connectivity index (χ1) is 13.3. The van der Waals surface area contributed by atoms with Crippen LogP contribution in [0.4, 0.5) is 0 Å².